The largest absolute Gasteiger partial charge is 0.338 e. The second kappa shape index (κ2) is 8.69. The summed E-state index contributed by atoms with van der Waals surface area (Å²) in [7, 11) is 0. The molecular formula is C27H23N7OS. The van der Waals surface area contributed by atoms with Gasteiger partial charge in [-0.1, -0.05) is 13.8 Å². The third kappa shape index (κ3) is 3.93. The van der Waals surface area contributed by atoms with E-state index in [4.69, 9.17) is 0 Å². The van der Waals surface area contributed by atoms with E-state index >= 15 is 0 Å². The van der Waals surface area contributed by atoms with Gasteiger partial charge in [0, 0.05) is 50.0 Å². The van der Waals surface area contributed by atoms with Crippen molar-refractivity contribution in [1.29, 1.82) is 0 Å². The van der Waals surface area contributed by atoms with Gasteiger partial charge in [-0.2, -0.15) is 5.10 Å². The standard InChI is InChI=1S/C27H23N7OS/c1-14(2)27(35)31-17-8-16(11-28-12-17)21-10-20-23(13-30-21)33-34-25(20)22-9-19-18(6-7-29-26(19)32-22)24-5-4-15(3)36-24/h4-14H,1-3H3,(H,29,32)(H,31,35)(H,33,34). The van der Waals surface area contributed by atoms with Gasteiger partial charge in [0.25, 0.3) is 0 Å². The van der Waals surface area contributed by atoms with Gasteiger partial charge in [-0.3, -0.25) is 19.9 Å². The van der Waals surface area contributed by atoms with Crippen molar-refractivity contribution in [2.75, 3.05) is 5.32 Å². The minimum absolute atomic E-state index is 0.0565. The molecule has 0 atom stereocenters. The predicted octanol–water partition coefficient (Wildman–Crippen LogP) is 6.19. The van der Waals surface area contributed by atoms with Crippen molar-refractivity contribution in [2.24, 2.45) is 5.92 Å². The third-order valence-corrected chi connectivity index (χ3v) is 7.10. The minimum atomic E-state index is -0.119. The lowest BCUT2D eigenvalue weighted by molar-refractivity contribution is -0.118. The molecule has 0 bridgehead atoms. The molecule has 6 aromatic heterocycles. The number of aryl methyl sites for hydroxylation is 1. The second-order valence-corrected chi connectivity index (χ2v) is 10.3. The lowest BCUT2D eigenvalue weighted by Gasteiger charge is -2.08. The molecule has 178 valence electrons. The van der Waals surface area contributed by atoms with Crippen LogP contribution in [0.2, 0.25) is 0 Å². The molecule has 0 spiro atoms. The van der Waals surface area contributed by atoms with Crippen molar-refractivity contribution in [1.82, 2.24) is 30.1 Å². The number of pyridine rings is 3. The lowest BCUT2D eigenvalue weighted by Crippen LogP contribution is -2.17. The molecule has 0 unspecified atom stereocenters. The maximum Gasteiger partial charge on any atom is 0.226 e. The second-order valence-electron chi connectivity index (χ2n) is 9.01. The van der Waals surface area contributed by atoms with Gasteiger partial charge in [-0.05, 0) is 43.3 Å². The number of nitrogens with one attached hydrogen (secondary N) is 3. The Morgan fingerprint density at radius 3 is 2.72 bits per heavy atom. The van der Waals surface area contributed by atoms with Crippen molar-refractivity contribution >= 4 is 44.9 Å². The van der Waals surface area contributed by atoms with E-state index in [0.717, 1.165) is 50.1 Å². The summed E-state index contributed by atoms with van der Waals surface area (Å²) >= 11 is 1.77. The van der Waals surface area contributed by atoms with Gasteiger partial charge in [0.15, 0.2) is 0 Å². The molecule has 8 nitrogen and oxygen atoms in total. The van der Waals surface area contributed by atoms with E-state index in [9.17, 15) is 4.79 Å². The van der Waals surface area contributed by atoms with Crippen LogP contribution in [0.15, 0.2) is 61.2 Å². The predicted molar refractivity (Wildman–Crippen MR) is 144 cm³/mol. The van der Waals surface area contributed by atoms with E-state index in [1.165, 1.54) is 9.75 Å². The van der Waals surface area contributed by atoms with Gasteiger partial charge in [-0.25, -0.2) is 4.98 Å². The van der Waals surface area contributed by atoms with Gasteiger partial charge < -0.3 is 10.3 Å². The van der Waals surface area contributed by atoms with E-state index in [1.54, 1.807) is 29.9 Å². The highest BCUT2D eigenvalue weighted by Gasteiger charge is 2.16. The highest BCUT2D eigenvalue weighted by molar-refractivity contribution is 7.15. The van der Waals surface area contributed by atoms with E-state index in [0.29, 0.717) is 5.69 Å². The quantitative estimate of drug-likeness (QED) is 0.265. The molecule has 0 aliphatic heterocycles. The first-order valence-corrected chi connectivity index (χ1v) is 12.4. The number of fused-ring (bicyclic) bond motifs is 2. The normalized spacial score (nSPS) is 11.6. The summed E-state index contributed by atoms with van der Waals surface area (Å²) in [6.45, 7) is 5.82. The molecule has 0 fully saturated rings. The smallest absolute Gasteiger partial charge is 0.226 e. The lowest BCUT2D eigenvalue weighted by atomic mass is 10.1. The molecule has 1 amide bonds. The molecule has 0 radical (unpaired) electrons. The molecule has 0 aromatic carbocycles. The van der Waals surface area contributed by atoms with Crippen molar-refractivity contribution in [2.45, 2.75) is 20.8 Å². The number of rotatable bonds is 5. The average molecular weight is 494 g/mol. The number of aromatic nitrogens is 6. The van der Waals surface area contributed by atoms with Crippen molar-refractivity contribution in [3.63, 3.8) is 0 Å². The number of hydrogen-bond donors (Lipinski definition) is 3. The highest BCUT2D eigenvalue weighted by atomic mass is 32.1. The molecule has 6 aromatic rings. The Bertz CT molecular complexity index is 1740. The number of H-pyrrole nitrogens is 2. The van der Waals surface area contributed by atoms with Crippen LogP contribution in [-0.2, 0) is 4.79 Å². The Kier molecular flexibility index (Phi) is 5.34. The first kappa shape index (κ1) is 22.1. The first-order valence-electron chi connectivity index (χ1n) is 11.6. The van der Waals surface area contributed by atoms with Crippen LogP contribution in [0.5, 0.6) is 0 Å². The topological polar surface area (TPSA) is 112 Å². The summed E-state index contributed by atoms with van der Waals surface area (Å²) < 4.78 is 0. The third-order valence-electron chi connectivity index (χ3n) is 6.07. The summed E-state index contributed by atoms with van der Waals surface area (Å²) in [5.74, 6) is -0.175. The zero-order valence-electron chi connectivity index (χ0n) is 20.0. The van der Waals surface area contributed by atoms with Gasteiger partial charge in [0.1, 0.15) is 11.3 Å². The number of carbonyl (C=O) groups is 1. The Labute approximate surface area is 210 Å². The Morgan fingerprint density at radius 2 is 1.92 bits per heavy atom. The molecule has 6 rings (SSSR count). The number of amides is 1. The number of carbonyl (C=O) groups excluding carboxylic acids is 1. The number of hydrogen-bond acceptors (Lipinski definition) is 6. The van der Waals surface area contributed by atoms with Gasteiger partial charge in [0.05, 0.1) is 35.0 Å². The molecule has 0 aliphatic rings. The Hall–Kier alpha value is -4.37. The molecule has 9 heteroatoms. The fourth-order valence-corrected chi connectivity index (χ4v) is 5.07. The molecule has 36 heavy (non-hydrogen) atoms. The first-order chi connectivity index (χ1) is 17.5. The fraction of sp³-hybridized carbons (Fsp3) is 0.148. The van der Waals surface area contributed by atoms with E-state index in [2.05, 4.69) is 60.6 Å². The van der Waals surface area contributed by atoms with Crippen molar-refractivity contribution < 1.29 is 4.79 Å². The van der Waals surface area contributed by atoms with Crippen LogP contribution in [0.25, 0.3) is 55.0 Å². The maximum atomic E-state index is 12.1. The van der Waals surface area contributed by atoms with E-state index in [-0.39, 0.29) is 11.8 Å². The Morgan fingerprint density at radius 1 is 1.03 bits per heavy atom. The molecule has 0 saturated carbocycles. The number of aromatic amines is 2. The van der Waals surface area contributed by atoms with Gasteiger partial charge >= 0.3 is 0 Å². The highest BCUT2D eigenvalue weighted by Crippen LogP contribution is 2.36. The number of thiophene rings is 1. The van der Waals surface area contributed by atoms with Crippen LogP contribution in [0.1, 0.15) is 18.7 Å². The van der Waals surface area contributed by atoms with Crippen LogP contribution < -0.4 is 5.32 Å². The molecular weight excluding hydrogens is 470 g/mol. The number of nitrogens with zero attached hydrogens (tertiary/aromatic N) is 4. The summed E-state index contributed by atoms with van der Waals surface area (Å²) in [6, 6.07) is 12.3. The molecule has 3 N–H and O–H groups in total. The van der Waals surface area contributed by atoms with Gasteiger partial charge in [-0.15, -0.1) is 11.3 Å². The molecule has 0 aliphatic carbocycles. The molecule has 6 heterocycles. The zero-order valence-corrected chi connectivity index (χ0v) is 20.8. The van der Waals surface area contributed by atoms with Crippen molar-refractivity contribution in [3.8, 4) is 33.1 Å². The zero-order chi connectivity index (χ0) is 24.8. The summed E-state index contributed by atoms with van der Waals surface area (Å²) in [5, 5.41) is 12.5. The fourth-order valence-electron chi connectivity index (χ4n) is 4.16. The van der Waals surface area contributed by atoms with Crippen LogP contribution in [-0.4, -0.2) is 36.0 Å². The maximum absolute atomic E-state index is 12.1. The van der Waals surface area contributed by atoms with E-state index in [1.807, 2.05) is 38.2 Å². The Balaban J connectivity index is 1.41. The van der Waals surface area contributed by atoms with E-state index < -0.39 is 0 Å². The number of anilines is 1. The average Bonchev–Trinajstić information content (AvgIpc) is 3.61. The SMILES string of the molecule is Cc1ccc(-c2ccnc3[nH]c(-c4n[nH]c5cnc(-c6cncc(NC(=O)C(C)C)c6)cc45)cc23)s1. The van der Waals surface area contributed by atoms with Crippen LogP contribution >= 0.6 is 11.3 Å². The summed E-state index contributed by atoms with van der Waals surface area (Å²) in [5.41, 5.74) is 6.63. The monoisotopic (exact) mass is 493 g/mol. The van der Waals surface area contributed by atoms with Crippen LogP contribution in [0, 0.1) is 12.8 Å². The minimum Gasteiger partial charge on any atom is -0.338 e. The summed E-state index contributed by atoms with van der Waals surface area (Å²) in [6.07, 6.45) is 6.97. The van der Waals surface area contributed by atoms with Crippen LogP contribution in [0.3, 0.4) is 0 Å². The van der Waals surface area contributed by atoms with Crippen LogP contribution in [0.4, 0.5) is 5.69 Å². The summed E-state index contributed by atoms with van der Waals surface area (Å²) in [4.78, 5) is 31.5. The van der Waals surface area contributed by atoms with Crippen molar-refractivity contribution in [3.05, 3.63) is 66.1 Å². The van der Waals surface area contributed by atoms with Gasteiger partial charge in [0.2, 0.25) is 5.91 Å². The molecule has 0 saturated heterocycles.